The van der Waals surface area contributed by atoms with Gasteiger partial charge in [0.1, 0.15) is 0 Å². The standard InChI is InChI=1S/C4H8O3.H4N2/c5-3-1-2-4(6)7;1-2/h5H,1-3H2,(H,6,7);1-2H2. The number of aliphatic hydroxyl groups is 1. The van der Waals surface area contributed by atoms with Crippen molar-refractivity contribution < 1.29 is 15.0 Å². The minimum Gasteiger partial charge on any atom is -0.481 e. The second-order valence-corrected chi connectivity index (χ2v) is 1.22. The third-order valence-corrected chi connectivity index (χ3v) is 0.549. The van der Waals surface area contributed by atoms with E-state index >= 15 is 0 Å². The van der Waals surface area contributed by atoms with E-state index in [1.807, 2.05) is 0 Å². The highest BCUT2D eigenvalue weighted by Gasteiger charge is 1.91. The van der Waals surface area contributed by atoms with Crippen LogP contribution < -0.4 is 11.7 Å². The number of hydrogen-bond acceptors (Lipinski definition) is 4. The summed E-state index contributed by atoms with van der Waals surface area (Å²) < 4.78 is 0. The van der Waals surface area contributed by atoms with Crippen LogP contribution in [0.5, 0.6) is 0 Å². The molecule has 0 aliphatic carbocycles. The Kier molecular flexibility index (Phi) is 12.9. The van der Waals surface area contributed by atoms with E-state index in [-0.39, 0.29) is 13.0 Å². The number of rotatable bonds is 3. The van der Waals surface area contributed by atoms with E-state index in [0.717, 1.165) is 0 Å². The molecule has 0 unspecified atom stereocenters. The quantitative estimate of drug-likeness (QED) is 0.283. The van der Waals surface area contributed by atoms with Gasteiger partial charge in [-0.3, -0.25) is 16.5 Å². The molecule has 0 aromatic rings. The molecule has 0 heterocycles. The number of carbonyl (C=O) groups is 1. The molecular formula is C4H12N2O3. The Hall–Kier alpha value is -0.650. The number of aliphatic carboxylic acids is 1. The molecular weight excluding hydrogens is 124 g/mol. The summed E-state index contributed by atoms with van der Waals surface area (Å²) in [7, 11) is 0. The molecule has 6 N–H and O–H groups in total. The van der Waals surface area contributed by atoms with Crippen LogP contribution in [0.4, 0.5) is 0 Å². The Morgan fingerprint density at radius 1 is 1.44 bits per heavy atom. The zero-order valence-corrected chi connectivity index (χ0v) is 5.08. The van der Waals surface area contributed by atoms with Gasteiger partial charge in [-0.25, -0.2) is 0 Å². The molecule has 0 aliphatic heterocycles. The fourth-order valence-corrected chi connectivity index (χ4v) is 0.230. The van der Waals surface area contributed by atoms with E-state index in [9.17, 15) is 4.79 Å². The number of carboxylic acid groups (broad SMARTS) is 1. The first-order chi connectivity index (χ1) is 4.27. The minimum atomic E-state index is -0.853. The lowest BCUT2D eigenvalue weighted by molar-refractivity contribution is -0.137. The summed E-state index contributed by atoms with van der Waals surface area (Å²) in [5.41, 5.74) is 0. The van der Waals surface area contributed by atoms with Crippen LogP contribution in [0.25, 0.3) is 0 Å². The molecule has 0 bridgehead atoms. The van der Waals surface area contributed by atoms with Crippen molar-refractivity contribution in [2.45, 2.75) is 12.8 Å². The molecule has 0 saturated heterocycles. The van der Waals surface area contributed by atoms with Crippen molar-refractivity contribution in [1.82, 2.24) is 0 Å². The normalized spacial score (nSPS) is 7.44. The summed E-state index contributed by atoms with van der Waals surface area (Å²) >= 11 is 0. The van der Waals surface area contributed by atoms with Crippen molar-refractivity contribution in [2.75, 3.05) is 6.61 Å². The lowest BCUT2D eigenvalue weighted by Crippen LogP contribution is -2.02. The van der Waals surface area contributed by atoms with E-state index in [1.54, 1.807) is 0 Å². The first kappa shape index (κ1) is 11.2. The van der Waals surface area contributed by atoms with Gasteiger partial charge < -0.3 is 10.2 Å². The van der Waals surface area contributed by atoms with Gasteiger partial charge in [-0.05, 0) is 6.42 Å². The molecule has 0 aromatic heterocycles. The van der Waals surface area contributed by atoms with Crippen molar-refractivity contribution in [1.29, 1.82) is 0 Å². The smallest absolute Gasteiger partial charge is 0.303 e. The van der Waals surface area contributed by atoms with Crippen molar-refractivity contribution in [2.24, 2.45) is 11.7 Å². The average Bonchev–Trinajstić information content (AvgIpc) is 1.88. The summed E-state index contributed by atoms with van der Waals surface area (Å²) in [6.07, 6.45) is 0.422. The van der Waals surface area contributed by atoms with E-state index in [4.69, 9.17) is 10.2 Å². The van der Waals surface area contributed by atoms with Crippen molar-refractivity contribution in [3.8, 4) is 0 Å². The average molecular weight is 136 g/mol. The van der Waals surface area contributed by atoms with E-state index in [2.05, 4.69) is 11.7 Å². The lowest BCUT2D eigenvalue weighted by atomic mass is 10.3. The van der Waals surface area contributed by atoms with Gasteiger partial charge in [0.25, 0.3) is 0 Å². The zero-order chi connectivity index (χ0) is 7.70. The van der Waals surface area contributed by atoms with E-state index < -0.39 is 5.97 Å². The molecule has 0 aromatic carbocycles. The van der Waals surface area contributed by atoms with Crippen LogP contribution in [0.1, 0.15) is 12.8 Å². The predicted molar refractivity (Wildman–Crippen MR) is 32.3 cm³/mol. The highest BCUT2D eigenvalue weighted by atomic mass is 16.4. The maximum Gasteiger partial charge on any atom is 0.303 e. The molecule has 0 aliphatic rings. The van der Waals surface area contributed by atoms with Gasteiger partial charge in [-0.15, -0.1) is 0 Å². The molecule has 0 saturated carbocycles. The Morgan fingerprint density at radius 2 is 1.89 bits per heavy atom. The summed E-state index contributed by atoms with van der Waals surface area (Å²) in [5.74, 6) is 7.15. The zero-order valence-electron chi connectivity index (χ0n) is 5.08. The topological polar surface area (TPSA) is 110 Å². The summed E-state index contributed by atoms with van der Waals surface area (Å²) in [4.78, 5) is 9.65. The van der Waals surface area contributed by atoms with Gasteiger partial charge in [-0.1, -0.05) is 0 Å². The van der Waals surface area contributed by atoms with Gasteiger partial charge in [0.2, 0.25) is 0 Å². The summed E-state index contributed by atoms with van der Waals surface area (Å²) in [5, 5.41) is 16.0. The molecule has 0 amide bonds. The van der Waals surface area contributed by atoms with Crippen LogP contribution in [-0.4, -0.2) is 22.8 Å². The molecule has 9 heavy (non-hydrogen) atoms. The van der Waals surface area contributed by atoms with Crippen LogP contribution in [-0.2, 0) is 4.79 Å². The summed E-state index contributed by atoms with van der Waals surface area (Å²) in [6, 6.07) is 0. The fraction of sp³-hybridized carbons (Fsp3) is 0.750. The Bertz CT molecular complexity index is 66.8. The third kappa shape index (κ3) is 18.7. The fourth-order valence-electron chi connectivity index (χ4n) is 0.230. The molecule has 0 spiro atoms. The predicted octanol–water partition coefficient (Wildman–Crippen LogP) is -1.34. The Labute approximate surface area is 53.2 Å². The van der Waals surface area contributed by atoms with Crippen LogP contribution in [0.15, 0.2) is 0 Å². The van der Waals surface area contributed by atoms with Gasteiger partial charge >= 0.3 is 5.97 Å². The molecule has 5 nitrogen and oxygen atoms in total. The van der Waals surface area contributed by atoms with Crippen LogP contribution in [0.3, 0.4) is 0 Å². The number of carboxylic acids is 1. The van der Waals surface area contributed by atoms with Crippen molar-refractivity contribution in [3.05, 3.63) is 0 Å². The molecule has 0 atom stereocenters. The lowest BCUT2D eigenvalue weighted by Gasteiger charge is -1.85. The molecule has 0 fully saturated rings. The number of nitrogens with two attached hydrogens (primary N) is 2. The second-order valence-electron chi connectivity index (χ2n) is 1.22. The largest absolute Gasteiger partial charge is 0.481 e. The van der Waals surface area contributed by atoms with E-state index in [1.165, 1.54) is 0 Å². The van der Waals surface area contributed by atoms with Gasteiger partial charge in [-0.2, -0.15) is 0 Å². The van der Waals surface area contributed by atoms with Gasteiger partial charge in [0.15, 0.2) is 0 Å². The van der Waals surface area contributed by atoms with Crippen LogP contribution >= 0.6 is 0 Å². The first-order valence-electron chi connectivity index (χ1n) is 2.43. The highest BCUT2D eigenvalue weighted by molar-refractivity contribution is 5.66. The van der Waals surface area contributed by atoms with E-state index in [0.29, 0.717) is 6.42 Å². The Morgan fingerprint density at radius 3 is 2.00 bits per heavy atom. The van der Waals surface area contributed by atoms with Crippen LogP contribution in [0.2, 0.25) is 0 Å². The third-order valence-electron chi connectivity index (χ3n) is 0.549. The molecule has 0 radical (unpaired) electrons. The van der Waals surface area contributed by atoms with Gasteiger partial charge in [0.05, 0.1) is 0 Å². The number of hydrazine groups is 1. The van der Waals surface area contributed by atoms with Crippen molar-refractivity contribution in [3.63, 3.8) is 0 Å². The van der Waals surface area contributed by atoms with Gasteiger partial charge in [0, 0.05) is 13.0 Å². The SMILES string of the molecule is NN.O=C(O)CCCO. The molecule has 5 heteroatoms. The van der Waals surface area contributed by atoms with Crippen LogP contribution in [0, 0.1) is 0 Å². The number of aliphatic hydroxyl groups excluding tert-OH is 1. The minimum absolute atomic E-state index is 0.0354. The monoisotopic (exact) mass is 136 g/mol. The van der Waals surface area contributed by atoms with Crippen molar-refractivity contribution >= 4 is 5.97 Å². The summed E-state index contributed by atoms with van der Waals surface area (Å²) in [6.45, 7) is -0.0354. The Balaban J connectivity index is 0. The maximum absolute atomic E-state index is 9.65. The maximum atomic E-state index is 9.65. The first-order valence-corrected chi connectivity index (χ1v) is 2.43. The highest BCUT2D eigenvalue weighted by Crippen LogP contribution is 1.83. The molecule has 0 rings (SSSR count). The second kappa shape index (κ2) is 10.4. The number of hydrogen-bond donors (Lipinski definition) is 4. The molecule has 56 valence electrons.